The lowest BCUT2D eigenvalue weighted by Gasteiger charge is -2.08. The van der Waals surface area contributed by atoms with E-state index >= 15 is 0 Å². The van der Waals surface area contributed by atoms with Crippen LogP contribution in [-0.4, -0.2) is 25.8 Å². The van der Waals surface area contributed by atoms with Crippen LogP contribution in [0, 0.1) is 0 Å². The second kappa shape index (κ2) is 9.30. The van der Waals surface area contributed by atoms with E-state index in [9.17, 15) is 4.79 Å². The Hall–Kier alpha value is -2.96. The van der Waals surface area contributed by atoms with Crippen molar-refractivity contribution in [3.63, 3.8) is 0 Å². The van der Waals surface area contributed by atoms with Crippen LogP contribution in [0.15, 0.2) is 64.1 Å². The van der Waals surface area contributed by atoms with Crippen molar-refractivity contribution in [2.45, 2.75) is 0 Å². The minimum atomic E-state index is -0.422. The van der Waals surface area contributed by atoms with Crippen molar-refractivity contribution >= 4 is 35.3 Å². The van der Waals surface area contributed by atoms with Crippen molar-refractivity contribution in [3.05, 3.63) is 70.4 Å². The molecule has 0 atom stereocenters. The minimum Gasteiger partial charge on any atom is -0.493 e. The molecule has 6 nitrogen and oxygen atoms in total. The normalized spacial score (nSPS) is 10.8. The highest BCUT2D eigenvalue weighted by atomic mass is 35.5. The number of rotatable bonds is 7. The molecule has 144 valence electrons. The monoisotopic (exact) mass is 418 g/mol. The molecule has 0 aliphatic rings. The number of carbonyl (C=O) groups excluding carboxylic acids is 1. The van der Waals surface area contributed by atoms with Crippen LogP contribution in [0.5, 0.6) is 11.5 Å². The standard InChI is InChI=1S/C20H16Cl2N2O4/c1-26-18-4-2-3-5-19(18)27-12-20(25)24-23-11-14-7-9-17(28-14)15-8-6-13(21)10-16(15)22/h2-11H,12H2,1H3,(H,24,25)/b23-11-. The smallest absolute Gasteiger partial charge is 0.277 e. The molecule has 1 aromatic heterocycles. The Morgan fingerprint density at radius 1 is 1.14 bits per heavy atom. The zero-order valence-electron chi connectivity index (χ0n) is 14.8. The number of ether oxygens (including phenoxy) is 2. The summed E-state index contributed by atoms with van der Waals surface area (Å²) < 4.78 is 16.2. The first-order valence-electron chi connectivity index (χ1n) is 8.20. The molecule has 0 radical (unpaired) electrons. The van der Waals surface area contributed by atoms with Gasteiger partial charge in [0.15, 0.2) is 18.1 Å². The van der Waals surface area contributed by atoms with E-state index in [-0.39, 0.29) is 6.61 Å². The van der Waals surface area contributed by atoms with Gasteiger partial charge in [-0.15, -0.1) is 0 Å². The first-order chi connectivity index (χ1) is 13.6. The summed E-state index contributed by atoms with van der Waals surface area (Å²) in [6, 6.07) is 15.6. The molecule has 0 spiro atoms. The molecule has 2 aromatic carbocycles. The molecule has 1 heterocycles. The van der Waals surface area contributed by atoms with Gasteiger partial charge in [-0.2, -0.15) is 5.10 Å². The minimum absolute atomic E-state index is 0.207. The number of nitrogens with zero attached hydrogens (tertiary/aromatic N) is 1. The number of hydrogen-bond donors (Lipinski definition) is 1. The van der Waals surface area contributed by atoms with Crippen molar-refractivity contribution in [3.8, 4) is 22.8 Å². The van der Waals surface area contributed by atoms with Gasteiger partial charge in [0.05, 0.1) is 18.3 Å². The summed E-state index contributed by atoms with van der Waals surface area (Å²) in [6.45, 7) is -0.207. The first-order valence-corrected chi connectivity index (χ1v) is 8.95. The Morgan fingerprint density at radius 2 is 1.93 bits per heavy atom. The maximum Gasteiger partial charge on any atom is 0.277 e. The van der Waals surface area contributed by atoms with Gasteiger partial charge in [0.2, 0.25) is 0 Å². The number of nitrogens with one attached hydrogen (secondary N) is 1. The van der Waals surface area contributed by atoms with Gasteiger partial charge in [-0.1, -0.05) is 35.3 Å². The molecule has 1 N–H and O–H groups in total. The van der Waals surface area contributed by atoms with Crippen LogP contribution in [0.3, 0.4) is 0 Å². The number of amides is 1. The average Bonchev–Trinajstić information content (AvgIpc) is 3.15. The SMILES string of the molecule is COc1ccccc1OCC(=O)N/N=C\c1ccc(-c2ccc(Cl)cc2Cl)o1. The first kappa shape index (κ1) is 19.8. The predicted molar refractivity (Wildman–Crippen MR) is 108 cm³/mol. The molecule has 1 amide bonds. The molecular weight excluding hydrogens is 403 g/mol. The van der Waals surface area contributed by atoms with Gasteiger partial charge in [0, 0.05) is 10.6 Å². The Balaban J connectivity index is 1.55. The number of hydrazone groups is 1. The van der Waals surface area contributed by atoms with E-state index in [0.717, 1.165) is 0 Å². The molecule has 8 heteroatoms. The highest BCUT2D eigenvalue weighted by Crippen LogP contribution is 2.31. The summed E-state index contributed by atoms with van der Waals surface area (Å²) in [5, 5.41) is 4.88. The number of furan rings is 1. The number of hydrogen-bond acceptors (Lipinski definition) is 5. The number of para-hydroxylation sites is 2. The topological polar surface area (TPSA) is 73.1 Å². The summed E-state index contributed by atoms with van der Waals surface area (Å²) in [4.78, 5) is 11.9. The van der Waals surface area contributed by atoms with E-state index in [1.165, 1.54) is 13.3 Å². The highest BCUT2D eigenvalue weighted by Gasteiger charge is 2.09. The molecule has 0 unspecified atom stereocenters. The van der Waals surface area contributed by atoms with Crippen molar-refractivity contribution < 1.29 is 18.7 Å². The van der Waals surface area contributed by atoms with Gasteiger partial charge in [0.25, 0.3) is 5.91 Å². The van der Waals surface area contributed by atoms with Crippen LogP contribution < -0.4 is 14.9 Å². The van der Waals surface area contributed by atoms with E-state index in [0.29, 0.717) is 38.6 Å². The van der Waals surface area contributed by atoms with Crippen LogP contribution >= 0.6 is 23.2 Å². The molecule has 0 fully saturated rings. The zero-order valence-corrected chi connectivity index (χ0v) is 16.3. The quantitative estimate of drug-likeness (QED) is 0.442. The summed E-state index contributed by atoms with van der Waals surface area (Å²) in [6.07, 6.45) is 1.38. The van der Waals surface area contributed by atoms with E-state index in [1.54, 1.807) is 48.5 Å². The lowest BCUT2D eigenvalue weighted by molar-refractivity contribution is -0.123. The van der Waals surface area contributed by atoms with Gasteiger partial charge in [-0.25, -0.2) is 5.43 Å². The Morgan fingerprint density at radius 3 is 2.68 bits per heavy atom. The number of halogens is 2. The highest BCUT2D eigenvalue weighted by molar-refractivity contribution is 6.36. The lowest BCUT2D eigenvalue weighted by atomic mass is 10.2. The van der Waals surface area contributed by atoms with E-state index in [4.69, 9.17) is 37.1 Å². The lowest BCUT2D eigenvalue weighted by Crippen LogP contribution is -2.24. The maximum absolute atomic E-state index is 11.9. The molecule has 0 saturated carbocycles. The molecular formula is C20H16Cl2N2O4. The number of carbonyl (C=O) groups is 1. The van der Waals surface area contributed by atoms with Crippen molar-refractivity contribution in [1.82, 2.24) is 5.43 Å². The fourth-order valence-electron chi connectivity index (χ4n) is 2.34. The van der Waals surface area contributed by atoms with Crippen LogP contribution in [-0.2, 0) is 4.79 Å². The zero-order chi connectivity index (χ0) is 19.9. The molecule has 3 aromatic rings. The van der Waals surface area contributed by atoms with E-state index in [2.05, 4.69) is 10.5 Å². The molecule has 0 aliphatic carbocycles. The van der Waals surface area contributed by atoms with Crippen LogP contribution in [0.4, 0.5) is 0 Å². The van der Waals surface area contributed by atoms with Crippen molar-refractivity contribution in [1.29, 1.82) is 0 Å². The van der Waals surface area contributed by atoms with Gasteiger partial charge < -0.3 is 13.9 Å². The van der Waals surface area contributed by atoms with Crippen molar-refractivity contribution in [2.75, 3.05) is 13.7 Å². The second-order valence-electron chi connectivity index (χ2n) is 5.56. The Bertz CT molecular complexity index is 1000. The number of methoxy groups -OCH3 is 1. The largest absolute Gasteiger partial charge is 0.493 e. The van der Waals surface area contributed by atoms with E-state index in [1.807, 2.05) is 6.07 Å². The molecule has 28 heavy (non-hydrogen) atoms. The second-order valence-corrected chi connectivity index (χ2v) is 6.40. The summed E-state index contributed by atoms with van der Waals surface area (Å²) in [7, 11) is 1.53. The summed E-state index contributed by atoms with van der Waals surface area (Å²) in [5.74, 6) is 1.61. The maximum atomic E-state index is 11.9. The van der Waals surface area contributed by atoms with Crippen LogP contribution in [0.1, 0.15) is 5.76 Å². The molecule has 0 saturated heterocycles. The third-order valence-corrected chi connectivity index (χ3v) is 4.18. The van der Waals surface area contributed by atoms with Crippen LogP contribution in [0.2, 0.25) is 10.0 Å². The molecule has 0 aliphatic heterocycles. The Labute approximate surface area is 171 Å². The molecule has 0 bridgehead atoms. The fourth-order valence-corrected chi connectivity index (χ4v) is 2.84. The van der Waals surface area contributed by atoms with Gasteiger partial charge in [-0.3, -0.25) is 4.79 Å². The predicted octanol–water partition coefficient (Wildman–Crippen LogP) is 4.79. The van der Waals surface area contributed by atoms with Crippen LogP contribution in [0.25, 0.3) is 11.3 Å². The summed E-state index contributed by atoms with van der Waals surface area (Å²) >= 11 is 12.1. The van der Waals surface area contributed by atoms with Gasteiger partial charge in [0.1, 0.15) is 11.5 Å². The van der Waals surface area contributed by atoms with E-state index < -0.39 is 5.91 Å². The third-order valence-electron chi connectivity index (χ3n) is 3.63. The Kier molecular flexibility index (Phi) is 6.57. The third kappa shape index (κ3) is 5.06. The fraction of sp³-hybridized carbons (Fsp3) is 0.100. The average molecular weight is 419 g/mol. The molecule has 3 rings (SSSR count). The summed E-state index contributed by atoms with van der Waals surface area (Å²) in [5.41, 5.74) is 3.08. The van der Waals surface area contributed by atoms with Crippen molar-refractivity contribution in [2.24, 2.45) is 5.10 Å². The van der Waals surface area contributed by atoms with Gasteiger partial charge >= 0.3 is 0 Å². The van der Waals surface area contributed by atoms with Gasteiger partial charge in [-0.05, 0) is 42.5 Å². The number of benzene rings is 2.